The smallest absolute Gasteiger partial charge is 0.262 e. The standard InChI is InChI=1S/C22H18ClN3O3/c1-13-10-14(2)20(17(23)11-13)28-12-19(27)25-16-7-5-15(6-8-16)22-26-21-18(29-22)4-3-9-24-21/h3-11H,12H2,1-2H3,(H,25,27). The van der Waals surface area contributed by atoms with Gasteiger partial charge in [-0.2, -0.15) is 4.98 Å². The van der Waals surface area contributed by atoms with Gasteiger partial charge in [-0.15, -0.1) is 0 Å². The van der Waals surface area contributed by atoms with Crippen molar-refractivity contribution < 1.29 is 13.9 Å². The largest absolute Gasteiger partial charge is 0.482 e. The SMILES string of the molecule is Cc1cc(C)c(OCC(=O)Nc2ccc(-c3nc4ncccc4o3)cc2)c(Cl)c1. The lowest BCUT2D eigenvalue weighted by Gasteiger charge is -2.12. The fourth-order valence-corrected chi connectivity index (χ4v) is 3.38. The van der Waals surface area contributed by atoms with E-state index < -0.39 is 0 Å². The molecule has 0 bridgehead atoms. The van der Waals surface area contributed by atoms with Gasteiger partial charge >= 0.3 is 0 Å². The van der Waals surface area contributed by atoms with Crippen molar-refractivity contribution in [3.63, 3.8) is 0 Å². The van der Waals surface area contributed by atoms with Gasteiger partial charge in [0.2, 0.25) is 5.89 Å². The Kier molecular flexibility index (Phi) is 5.18. The van der Waals surface area contributed by atoms with E-state index in [-0.39, 0.29) is 12.5 Å². The Hall–Kier alpha value is -3.38. The van der Waals surface area contributed by atoms with Crippen molar-refractivity contribution >= 4 is 34.4 Å². The molecule has 29 heavy (non-hydrogen) atoms. The van der Waals surface area contributed by atoms with E-state index in [2.05, 4.69) is 15.3 Å². The van der Waals surface area contributed by atoms with Crippen LogP contribution in [0.2, 0.25) is 5.02 Å². The normalized spacial score (nSPS) is 10.9. The van der Waals surface area contributed by atoms with E-state index in [1.54, 1.807) is 24.4 Å². The lowest BCUT2D eigenvalue weighted by atomic mass is 10.1. The van der Waals surface area contributed by atoms with Gasteiger partial charge in [-0.3, -0.25) is 4.79 Å². The maximum atomic E-state index is 12.2. The van der Waals surface area contributed by atoms with E-state index in [4.69, 9.17) is 20.8 Å². The molecule has 2 aromatic carbocycles. The quantitative estimate of drug-likeness (QED) is 0.493. The van der Waals surface area contributed by atoms with E-state index in [0.29, 0.717) is 33.6 Å². The molecule has 0 radical (unpaired) electrons. The van der Waals surface area contributed by atoms with Crippen LogP contribution < -0.4 is 10.1 Å². The number of ether oxygens (including phenoxy) is 1. The van der Waals surface area contributed by atoms with Crippen LogP contribution in [0.4, 0.5) is 5.69 Å². The number of hydrogen-bond donors (Lipinski definition) is 1. The molecule has 4 rings (SSSR count). The van der Waals surface area contributed by atoms with Crippen LogP contribution in [0.1, 0.15) is 11.1 Å². The number of benzene rings is 2. The summed E-state index contributed by atoms with van der Waals surface area (Å²) in [5.74, 6) is 0.719. The van der Waals surface area contributed by atoms with Gasteiger partial charge < -0.3 is 14.5 Å². The highest BCUT2D eigenvalue weighted by atomic mass is 35.5. The number of carbonyl (C=O) groups excluding carboxylic acids is 1. The molecule has 0 spiro atoms. The highest BCUT2D eigenvalue weighted by Gasteiger charge is 2.11. The minimum atomic E-state index is -0.278. The third-order valence-corrected chi connectivity index (χ3v) is 4.58. The third-order valence-electron chi connectivity index (χ3n) is 4.30. The lowest BCUT2D eigenvalue weighted by Crippen LogP contribution is -2.20. The highest BCUT2D eigenvalue weighted by molar-refractivity contribution is 6.32. The fraction of sp³-hybridized carbons (Fsp3) is 0.136. The molecular weight excluding hydrogens is 390 g/mol. The summed E-state index contributed by atoms with van der Waals surface area (Å²) in [5, 5.41) is 3.29. The summed E-state index contributed by atoms with van der Waals surface area (Å²) in [6.07, 6.45) is 1.67. The Balaban J connectivity index is 1.40. The number of amides is 1. The van der Waals surface area contributed by atoms with Crippen LogP contribution in [-0.4, -0.2) is 22.5 Å². The number of pyridine rings is 1. The van der Waals surface area contributed by atoms with Gasteiger partial charge in [0.1, 0.15) is 5.75 Å². The Morgan fingerprint density at radius 1 is 1.17 bits per heavy atom. The zero-order valence-corrected chi connectivity index (χ0v) is 16.7. The average Bonchev–Trinajstić information content (AvgIpc) is 3.12. The molecule has 0 saturated heterocycles. The van der Waals surface area contributed by atoms with Gasteiger partial charge in [-0.1, -0.05) is 17.7 Å². The first-order chi connectivity index (χ1) is 14.0. The van der Waals surface area contributed by atoms with Crippen LogP contribution in [0.3, 0.4) is 0 Å². The van der Waals surface area contributed by atoms with Crippen molar-refractivity contribution in [3.8, 4) is 17.2 Å². The summed E-state index contributed by atoms with van der Waals surface area (Å²) in [6.45, 7) is 3.71. The summed E-state index contributed by atoms with van der Waals surface area (Å²) in [5.41, 5.74) is 4.55. The van der Waals surface area contributed by atoms with E-state index in [1.807, 2.05) is 44.2 Å². The summed E-state index contributed by atoms with van der Waals surface area (Å²) < 4.78 is 11.3. The molecule has 4 aromatic rings. The van der Waals surface area contributed by atoms with Gasteiger partial charge in [-0.25, -0.2) is 4.98 Å². The number of hydrogen-bond acceptors (Lipinski definition) is 5. The number of nitrogens with zero attached hydrogens (tertiary/aromatic N) is 2. The van der Waals surface area contributed by atoms with Crippen LogP contribution in [0, 0.1) is 13.8 Å². The van der Waals surface area contributed by atoms with E-state index >= 15 is 0 Å². The molecule has 0 aliphatic rings. The Bertz CT molecular complexity index is 1130. The summed E-state index contributed by atoms with van der Waals surface area (Å²) in [4.78, 5) is 20.8. The molecular formula is C22H18ClN3O3. The second kappa shape index (κ2) is 7.93. The van der Waals surface area contributed by atoms with E-state index in [0.717, 1.165) is 16.7 Å². The molecule has 7 heteroatoms. The summed E-state index contributed by atoms with van der Waals surface area (Å²) >= 11 is 6.21. The number of nitrogens with one attached hydrogen (secondary N) is 1. The molecule has 1 N–H and O–H groups in total. The van der Waals surface area contributed by atoms with Gasteiger partial charge in [0.15, 0.2) is 17.8 Å². The first-order valence-electron chi connectivity index (χ1n) is 9.01. The topological polar surface area (TPSA) is 77.2 Å². The molecule has 1 amide bonds. The van der Waals surface area contributed by atoms with Gasteiger partial charge in [0.25, 0.3) is 5.91 Å². The van der Waals surface area contributed by atoms with Crippen molar-refractivity contribution in [1.29, 1.82) is 0 Å². The molecule has 0 unspecified atom stereocenters. The van der Waals surface area contributed by atoms with Crippen LogP contribution in [0.25, 0.3) is 22.7 Å². The number of anilines is 1. The van der Waals surface area contributed by atoms with Gasteiger partial charge in [0.05, 0.1) is 5.02 Å². The van der Waals surface area contributed by atoms with Gasteiger partial charge in [0, 0.05) is 17.4 Å². The fourth-order valence-electron chi connectivity index (χ4n) is 3.01. The van der Waals surface area contributed by atoms with E-state index in [9.17, 15) is 4.79 Å². The van der Waals surface area contributed by atoms with Crippen LogP contribution in [0.15, 0.2) is 59.1 Å². The molecule has 2 aromatic heterocycles. The number of fused-ring (bicyclic) bond motifs is 1. The Morgan fingerprint density at radius 3 is 2.69 bits per heavy atom. The zero-order chi connectivity index (χ0) is 20.4. The average molecular weight is 408 g/mol. The number of halogens is 1. The number of oxazole rings is 1. The molecule has 0 aliphatic carbocycles. The number of carbonyl (C=O) groups is 1. The molecule has 0 atom stereocenters. The van der Waals surface area contributed by atoms with Crippen molar-refractivity contribution in [3.05, 3.63) is 70.9 Å². The first kappa shape index (κ1) is 19.0. The predicted molar refractivity (Wildman–Crippen MR) is 112 cm³/mol. The Morgan fingerprint density at radius 2 is 1.97 bits per heavy atom. The Labute approximate surface area is 172 Å². The molecule has 146 valence electrons. The molecule has 0 fully saturated rings. The van der Waals surface area contributed by atoms with Crippen molar-refractivity contribution in [1.82, 2.24) is 9.97 Å². The van der Waals surface area contributed by atoms with Crippen molar-refractivity contribution in [2.24, 2.45) is 0 Å². The highest BCUT2D eigenvalue weighted by Crippen LogP contribution is 2.30. The second-order valence-corrected chi connectivity index (χ2v) is 7.06. The summed E-state index contributed by atoms with van der Waals surface area (Å²) in [6, 6.07) is 14.6. The monoisotopic (exact) mass is 407 g/mol. The summed E-state index contributed by atoms with van der Waals surface area (Å²) in [7, 11) is 0. The minimum Gasteiger partial charge on any atom is -0.482 e. The zero-order valence-electron chi connectivity index (χ0n) is 15.9. The number of aryl methyl sites for hydroxylation is 2. The molecule has 2 heterocycles. The van der Waals surface area contributed by atoms with E-state index in [1.165, 1.54) is 0 Å². The minimum absolute atomic E-state index is 0.137. The van der Waals surface area contributed by atoms with Crippen LogP contribution >= 0.6 is 11.6 Å². The molecule has 0 aliphatic heterocycles. The molecule has 0 saturated carbocycles. The maximum Gasteiger partial charge on any atom is 0.262 e. The van der Waals surface area contributed by atoms with Crippen LogP contribution in [-0.2, 0) is 4.79 Å². The third kappa shape index (κ3) is 4.22. The number of rotatable bonds is 5. The second-order valence-electron chi connectivity index (χ2n) is 6.65. The molecule has 6 nitrogen and oxygen atoms in total. The van der Waals surface area contributed by atoms with Crippen LogP contribution in [0.5, 0.6) is 5.75 Å². The predicted octanol–water partition coefficient (Wildman–Crippen LogP) is 5.18. The van der Waals surface area contributed by atoms with Gasteiger partial charge in [-0.05, 0) is 67.4 Å². The first-order valence-corrected chi connectivity index (χ1v) is 9.39. The number of aromatic nitrogens is 2. The van der Waals surface area contributed by atoms with Crippen molar-refractivity contribution in [2.45, 2.75) is 13.8 Å². The lowest BCUT2D eigenvalue weighted by molar-refractivity contribution is -0.118. The van der Waals surface area contributed by atoms with Crippen molar-refractivity contribution in [2.75, 3.05) is 11.9 Å². The maximum absolute atomic E-state index is 12.2.